The van der Waals surface area contributed by atoms with Crippen molar-refractivity contribution in [3.05, 3.63) is 29.7 Å². The molecule has 0 amide bonds. The van der Waals surface area contributed by atoms with Crippen molar-refractivity contribution in [1.82, 2.24) is 19.9 Å². The molecule has 4 nitrogen and oxygen atoms in total. The Morgan fingerprint density at radius 1 is 1.53 bits per heavy atom. The molecule has 5 heteroatoms. The average molecular weight is 250 g/mol. The zero-order valence-corrected chi connectivity index (χ0v) is 11.3. The second-order valence-electron chi connectivity index (χ2n) is 4.23. The second-order valence-corrected chi connectivity index (χ2v) is 5.50. The molecule has 1 N–H and O–H groups in total. The lowest BCUT2D eigenvalue weighted by atomic mass is 10.3. The highest BCUT2D eigenvalue weighted by Gasteiger charge is 2.02. The second kappa shape index (κ2) is 5.51. The fraction of sp³-hybridized carbons (Fsp3) is 0.500. The maximum absolute atomic E-state index is 4.38. The summed E-state index contributed by atoms with van der Waals surface area (Å²) < 4.78 is 1.84. The molecule has 17 heavy (non-hydrogen) atoms. The van der Waals surface area contributed by atoms with Gasteiger partial charge in [-0.05, 0) is 13.2 Å². The summed E-state index contributed by atoms with van der Waals surface area (Å²) in [4.78, 5) is 4.38. The van der Waals surface area contributed by atoms with E-state index in [1.165, 1.54) is 0 Å². The smallest absolute Gasteiger partial charge is 0.155 e. The van der Waals surface area contributed by atoms with Crippen molar-refractivity contribution in [3.63, 3.8) is 0 Å². The van der Waals surface area contributed by atoms with Gasteiger partial charge in [0.05, 0.1) is 5.69 Å². The van der Waals surface area contributed by atoms with Crippen LogP contribution in [0.5, 0.6) is 0 Å². The fourth-order valence-corrected chi connectivity index (χ4v) is 1.91. The van der Waals surface area contributed by atoms with Gasteiger partial charge in [-0.15, -0.1) is 0 Å². The Balaban J connectivity index is 1.99. The van der Waals surface area contributed by atoms with Gasteiger partial charge in [0.2, 0.25) is 0 Å². The molecule has 2 heterocycles. The molecular weight excluding hydrogens is 232 g/mol. The molecule has 0 saturated heterocycles. The predicted molar refractivity (Wildman–Crippen MR) is 72.4 cm³/mol. The maximum Gasteiger partial charge on any atom is 0.155 e. The van der Waals surface area contributed by atoms with Crippen molar-refractivity contribution in [2.45, 2.75) is 25.6 Å². The Hall–Kier alpha value is -1.07. The SMILES string of the molecule is CSC(C)CNCc1cnc2cc(C)nn2c1. The number of fused-ring (bicyclic) bond motifs is 1. The van der Waals surface area contributed by atoms with E-state index in [4.69, 9.17) is 0 Å². The van der Waals surface area contributed by atoms with Gasteiger partial charge in [-0.3, -0.25) is 0 Å². The normalized spacial score (nSPS) is 13.1. The molecule has 0 aliphatic rings. The molecule has 0 aliphatic heterocycles. The topological polar surface area (TPSA) is 42.2 Å². The number of thioether (sulfide) groups is 1. The number of nitrogens with zero attached hydrogens (tertiary/aromatic N) is 3. The summed E-state index contributed by atoms with van der Waals surface area (Å²) in [6, 6.07) is 1.98. The largest absolute Gasteiger partial charge is 0.311 e. The van der Waals surface area contributed by atoms with E-state index in [1.807, 2.05) is 41.7 Å². The lowest BCUT2D eigenvalue weighted by molar-refractivity contribution is 0.678. The molecular formula is C12H18N4S. The Labute approximate surface area is 106 Å². The summed E-state index contributed by atoms with van der Waals surface area (Å²) in [7, 11) is 0. The van der Waals surface area contributed by atoms with Gasteiger partial charge >= 0.3 is 0 Å². The van der Waals surface area contributed by atoms with Crippen molar-refractivity contribution in [2.75, 3.05) is 12.8 Å². The quantitative estimate of drug-likeness (QED) is 0.880. The molecule has 1 unspecified atom stereocenters. The predicted octanol–water partition coefficient (Wildman–Crippen LogP) is 1.88. The van der Waals surface area contributed by atoms with Gasteiger partial charge in [0.1, 0.15) is 0 Å². The van der Waals surface area contributed by atoms with Crippen LogP contribution in [0.25, 0.3) is 5.65 Å². The van der Waals surface area contributed by atoms with Crippen LogP contribution >= 0.6 is 11.8 Å². The molecule has 1 atom stereocenters. The van der Waals surface area contributed by atoms with E-state index in [0.717, 1.165) is 30.0 Å². The summed E-state index contributed by atoms with van der Waals surface area (Å²) in [6.45, 7) is 6.05. The van der Waals surface area contributed by atoms with Crippen molar-refractivity contribution in [3.8, 4) is 0 Å². The first-order valence-electron chi connectivity index (χ1n) is 5.73. The number of hydrogen-bond donors (Lipinski definition) is 1. The average Bonchev–Trinajstić information content (AvgIpc) is 2.68. The molecule has 0 aliphatic carbocycles. The summed E-state index contributed by atoms with van der Waals surface area (Å²) in [5.41, 5.74) is 3.07. The van der Waals surface area contributed by atoms with E-state index in [0.29, 0.717) is 5.25 Å². The third-order valence-electron chi connectivity index (χ3n) is 2.65. The van der Waals surface area contributed by atoms with E-state index >= 15 is 0 Å². The van der Waals surface area contributed by atoms with Gasteiger partial charge in [-0.25, -0.2) is 9.50 Å². The summed E-state index contributed by atoms with van der Waals surface area (Å²) >= 11 is 1.87. The van der Waals surface area contributed by atoms with Crippen LogP contribution < -0.4 is 5.32 Å². The van der Waals surface area contributed by atoms with Crippen molar-refractivity contribution < 1.29 is 0 Å². The van der Waals surface area contributed by atoms with Gasteiger partial charge in [0, 0.05) is 42.4 Å². The highest BCUT2D eigenvalue weighted by Crippen LogP contribution is 2.06. The molecule has 2 aromatic rings. The van der Waals surface area contributed by atoms with Crippen molar-refractivity contribution >= 4 is 17.4 Å². The van der Waals surface area contributed by atoms with E-state index in [2.05, 4.69) is 28.6 Å². The number of rotatable bonds is 5. The third-order valence-corrected chi connectivity index (χ3v) is 3.62. The first kappa shape index (κ1) is 12.4. The Kier molecular flexibility index (Phi) is 4.02. The molecule has 0 aromatic carbocycles. The van der Waals surface area contributed by atoms with Crippen LogP contribution in [0.4, 0.5) is 0 Å². The zero-order valence-electron chi connectivity index (χ0n) is 10.5. The summed E-state index contributed by atoms with van der Waals surface area (Å²) in [5, 5.41) is 8.41. The van der Waals surface area contributed by atoms with E-state index in [-0.39, 0.29) is 0 Å². The van der Waals surface area contributed by atoms with Crippen LogP contribution in [-0.2, 0) is 6.54 Å². The Morgan fingerprint density at radius 3 is 3.12 bits per heavy atom. The molecule has 2 rings (SSSR count). The summed E-state index contributed by atoms with van der Waals surface area (Å²) in [6.07, 6.45) is 6.08. The maximum atomic E-state index is 4.38. The minimum Gasteiger partial charge on any atom is -0.311 e. The van der Waals surface area contributed by atoms with E-state index in [9.17, 15) is 0 Å². The first-order chi connectivity index (χ1) is 8.19. The molecule has 0 saturated carbocycles. The highest BCUT2D eigenvalue weighted by atomic mass is 32.2. The van der Waals surface area contributed by atoms with Crippen LogP contribution in [0.1, 0.15) is 18.2 Å². The summed E-state index contributed by atoms with van der Waals surface area (Å²) in [5.74, 6) is 0. The molecule has 2 aromatic heterocycles. The van der Waals surface area contributed by atoms with Crippen molar-refractivity contribution in [1.29, 1.82) is 0 Å². The highest BCUT2D eigenvalue weighted by molar-refractivity contribution is 7.99. The van der Waals surface area contributed by atoms with Crippen LogP contribution in [-0.4, -0.2) is 32.6 Å². The van der Waals surface area contributed by atoms with E-state index < -0.39 is 0 Å². The van der Waals surface area contributed by atoms with Crippen LogP contribution in [0.3, 0.4) is 0 Å². The lowest BCUT2D eigenvalue weighted by Crippen LogP contribution is -2.22. The monoisotopic (exact) mass is 250 g/mol. The third kappa shape index (κ3) is 3.20. The standard InChI is InChI=1S/C12H18N4S/c1-9-4-12-14-7-11(8-16(12)15-9)6-13-5-10(2)17-3/h4,7-8,10,13H,5-6H2,1-3H3. The van der Waals surface area contributed by atoms with Gasteiger partial charge in [-0.1, -0.05) is 6.92 Å². The van der Waals surface area contributed by atoms with Crippen LogP contribution in [0, 0.1) is 6.92 Å². The minimum atomic E-state index is 0.638. The molecule has 92 valence electrons. The van der Waals surface area contributed by atoms with Crippen molar-refractivity contribution in [2.24, 2.45) is 0 Å². The van der Waals surface area contributed by atoms with E-state index in [1.54, 1.807) is 0 Å². The number of hydrogen-bond acceptors (Lipinski definition) is 4. The van der Waals surface area contributed by atoms with Gasteiger partial charge in [0.15, 0.2) is 5.65 Å². The first-order valence-corrected chi connectivity index (χ1v) is 7.02. The Morgan fingerprint density at radius 2 is 2.35 bits per heavy atom. The fourth-order valence-electron chi connectivity index (χ4n) is 1.63. The van der Waals surface area contributed by atoms with Gasteiger partial charge in [-0.2, -0.15) is 16.9 Å². The minimum absolute atomic E-state index is 0.638. The van der Waals surface area contributed by atoms with Crippen LogP contribution in [0.15, 0.2) is 18.5 Å². The number of aryl methyl sites for hydroxylation is 1. The van der Waals surface area contributed by atoms with Gasteiger partial charge in [0.25, 0.3) is 0 Å². The molecule has 0 spiro atoms. The number of aromatic nitrogens is 3. The molecule has 0 fully saturated rings. The molecule has 0 bridgehead atoms. The number of nitrogens with one attached hydrogen (secondary N) is 1. The van der Waals surface area contributed by atoms with Crippen LogP contribution in [0.2, 0.25) is 0 Å². The van der Waals surface area contributed by atoms with Gasteiger partial charge < -0.3 is 5.32 Å². The Bertz CT molecular complexity index is 494. The molecule has 0 radical (unpaired) electrons. The zero-order chi connectivity index (χ0) is 12.3. The lowest BCUT2D eigenvalue weighted by Gasteiger charge is -2.09.